The molecule has 1 aromatic rings. The van der Waals surface area contributed by atoms with Crippen molar-refractivity contribution in [1.29, 1.82) is 0 Å². The minimum Gasteiger partial charge on any atom is -0.399 e. The Morgan fingerprint density at radius 2 is 2.00 bits per heavy atom. The number of ketones is 1. The van der Waals surface area contributed by atoms with Crippen molar-refractivity contribution >= 4 is 17.4 Å². The first-order valence-corrected chi connectivity index (χ1v) is 5.03. The molecule has 6 nitrogen and oxygen atoms in total. The quantitative estimate of drug-likeness (QED) is 0.391. The van der Waals surface area contributed by atoms with Crippen molar-refractivity contribution in [3.8, 4) is 0 Å². The molecule has 6 heteroatoms. The highest BCUT2D eigenvalue weighted by Gasteiger charge is 2.20. The maximum absolute atomic E-state index is 11.9. The van der Waals surface area contributed by atoms with Crippen molar-refractivity contribution in [3.63, 3.8) is 0 Å². The average molecular weight is 237 g/mol. The first-order chi connectivity index (χ1) is 7.95. The number of rotatable bonds is 5. The van der Waals surface area contributed by atoms with E-state index in [0.717, 1.165) is 0 Å². The zero-order valence-corrected chi connectivity index (χ0v) is 9.22. The number of primary amides is 1. The molecule has 1 atom stereocenters. The van der Waals surface area contributed by atoms with Crippen LogP contribution in [0.25, 0.3) is 0 Å². The summed E-state index contributed by atoms with van der Waals surface area (Å²) in [7, 11) is 0. The number of aliphatic hydroxyl groups excluding tert-OH is 1. The number of aliphatic hydroxyl groups is 1. The summed E-state index contributed by atoms with van der Waals surface area (Å²) in [6, 6.07) is 3.52. The summed E-state index contributed by atoms with van der Waals surface area (Å²) in [5.74, 6) is -1.11. The summed E-state index contributed by atoms with van der Waals surface area (Å²) < 4.78 is 0. The predicted octanol–water partition coefficient (Wildman–Crippen LogP) is -0.854. The molecule has 1 rings (SSSR count). The molecule has 0 saturated heterocycles. The minimum absolute atomic E-state index is 0.223. The predicted molar refractivity (Wildman–Crippen MR) is 62.9 cm³/mol. The van der Waals surface area contributed by atoms with E-state index in [1.165, 1.54) is 6.07 Å². The van der Waals surface area contributed by atoms with Gasteiger partial charge in [0.25, 0.3) is 0 Å². The smallest absolute Gasteiger partial charge is 0.219 e. The number of amides is 1. The molecule has 0 spiro atoms. The molecule has 7 N–H and O–H groups in total. The van der Waals surface area contributed by atoms with Crippen LogP contribution in [-0.2, 0) is 11.4 Å². The van der Waals surface area contributed by atoms with Crippen LogP contribution < -0.4 is 17.2 Å². The molecular formula is C11H15N3O3. The largest absolute Gasteiger partial charge is 0.399 e. The van der Waals surface area contributed by atoms with E-state index >= 15 is 0 Å². The first-order valence-electron chi connectivity index (χ1n) is 5.03. The summed E-state index contributed by atoms with van der Waals surface area (Å²) >= 11 is 0. The molecule has 92 valence electrons. The Balaban J connectivity index is 3.02. The lowest BCUT2D eigenvalue weighted by Crippen LogP contribution is -2.35. The van der Waals surface area contributed by atoms with Crippen LogP contribution in [-0.4, -0.2) is 22.8 Å². The number of hydrogen-bond donors (Lipinski definition) is 4. The van der Waals surface area contributed by atoms with E-state index in [1.54, 1.807) is 12.1 Å². The number of hydrogen-bond acceptors (Lipinski definition) is 5. The second-order valence-electron chi connectivity index (χ2n) is 3.72. The molecule has 0 aliphatic carbocycles. The number of anilines is 1. The van der Waals surface area contributed by atoms with Gasteiger partial charge in [0, 0.05) is 17.7 Å². The molecule has 1 unspecified atom stereocenters. The van der Waals surface area contributed by atoms with Crippen LogP contribution in [0.5, 0.6) is 0 Å². The number of carbonyl (C=O) groups is 2. The molecule has 1 amide bonds. The Hall–Kier alpha value is -1.92. The van der Waals surface area contributed by atoms with Gasteiger partial charge >= 0.3 is 0 Å². The van der Waals surface area contributed by atoms with Gasteiger partial charge in [-0.15, -0.1) is 0 Å². The molecule has 1 aromatic carbocycles. The van der Waals surface area contributed by atoms with Crippen molar-refractivity contribution in [1.82, 2.24) is 0 Å². The van der Waals surface area contributed by atoms with E-state index in [9.17, 15) is 9.59 Å². The first kappa shape index (κ1) is 13.1. The van der Waals surface area contributed by atoms with Crippen LogP contribution >= 0.6 is 0 Å². The van der Waals surface area contributed by atoms with E-state index in [4.69, 9.17) is 22.3 Å². The number of nitrogens with two attached hydrogens (primary N) is 3. The third kappa shape index (κ3) is 3.27. The fourth-order valence-corrected chi connectivity index (χ4v) is 1.47. The average Bonchev–Trinajstić information content (AvgIpc) is 2.27. The molecule has 0 aliphatic rings. The van der Waals surface area contributed by atoms with Gasteiger partial charge in [0.05, 0.1) is 12.6 Å². The van der Waals surface area contributed by atoms with Gasteiger partial charge in [0.1, 0.15) is 0 Å². The van der Waals surface area contributed by atoms with Gasteiger partial charge < -0.3 is 22.3 Å². The Morgan fingerprint density at radius 1 is 1.35 bits per heavy atom. The number of nitrogen functional groups attached to an aromatic ring is 1. The third-order valence-corrected chi connectivity index (χ3v) is 2.33. The lowest BCUT2D eigenvalue weighted by Gasteiger charge is -2.12. The third-order valence-electron chi connectivity index (χ3n) is 2.33. The molecule has 0 saturated carbocycles. The molecule has 0 radical (unpaired) electrons. The number of carbonyl (C=O) groups excluding carboxylic acids is 2. The Morgan fingerprint density at radius 3 is 2.53 bits per heavy atom. The minimum atomic E-state index is -1.01. The Bertz CT molecular complexity index is 446. The summed E-state index contributed by atoms with van der Waals surface area (Å²) in [5.41, 5.74) is 17.1. The normalized spacial score (nSPS) is 12.1. The van der Waals surface area contributed by atoms with Gasteiger partial charge in [0.2, 0.25) is 5.91 Å². The van der Waals surface area contributed by atoms with Crippen LogP contribution in [0.15, 0.2) is 18.2 Å². The van der Waals surface area contributed by atoms with E-state index in [0.29, 0.717) is 11.3 Å². The van der Waals surface area contributed by atoms with Crippen LogP contribution in [0.3, 0.4) is 0 Å². The molecule has 17 heavy (non-hydrogen) atoms. The lowest BCUT2D eigenvalue weighted by molar-refractivity contribution is -0.118. The topological polar surface area (TPSA) is 132 Å². The Labute approximate surface area is 98.4 Å². The fraction of sp³-hybridized carbons (Fsp3) is 0.273. The van der Waals surface area contributed by atoms with Gasteiger partial charge in [-0.3, -0.25) is 9.59 Å². The van der Waals surface area contributed by atoms with Crippen molar-refractivity contribution in [2.24, 2.45) is 11.5 Å². The van der Waals surface area contributed by atoms with Crippen LogP contribution in [0.4, 0.5) is 5.69 Å². The Kier molecular flexibility index (Phi) is 4.19. The molecular weight excluding hydrogens is 222 g/mol. The standard InChI is InChI=1S/C11H15N3O3/c12-7-2-1-6(5-15)8(3-7)11(17)9(13)4-10(14)16/h1-3,9,15H,4-5,12-13H2,(H2,14,16). The zero-order valence-electron chi connectivity index (χ0n) is 9.22. The van der Waals surface area contributed by atoms with Crippen molar-refractivity contribution in [2.75, 3.05) is 5.73 Å². The van der Waals surface area contributed by atoms with Crippen LogP contribution in [0, 0.1) is 0 Å². The summed E-state index contributed by atoms with van der Waals surface area (Å²) in [5, 5.41) is 9.10. The number of benzene rings is 1. The molecule has 0 bridgehead atoms. The fourth-order valence-electron chi connectivity index (χ4n) is 1.47. The summed E-state index contributed by atoms with van der Waals surface area (Å²) in [4.78, 5) is 22.6. The highest BCUT2D eigenvalue weighted by atomic mass is 16.3. The number of Topliss-reactive ketones (excluding diaryl/α,β-unsaturated/α-hetero) is 1. The summed E-state index contributed by atoms with van der Waals surface area (Å²) in [6.07, 6.45) is -0.238. The SMILES string of the molecule is NC(=O)CC(N)C(=O)c1cc(N)ccc1CO. The molecule has 0 fully saturated rings. The van der Waals surface area contributed by atoms with Gasteiger partial charge in [-0.1, -0.05) is 6.07 Å². The maximum atomic E-state index is 11.9. The van der Waals surface area contributed by atoms with Crippen LogP contribution in [0.2, 0.25) is 0 Å². The zero-order chi connectivity index (χ0) is 13.0. The monoisotopic (exact) mass is 237 g/mol. The van der Waals surface area contributed by atoms with Gasteiger partial charge in [0.15, 0.2) is 5.78 Å². The van der Waals surface area contributed by atoms with Gasteiger partial charge in [-0.25, -0.2) is 0 Å². The second kappa shape index (κ2) is 5.42. The second-order valence-corrected chi connectivity index (χ2v) is 3.72. The summed E-state index contributed by atoms with van der Waals surface area (Å²) in [6.45, 7) is -0.301. The van der Waals surface area contributed by atoms with Gasteiger partial charge in [-0.2, -0.15) is 0 Å². The van der Waals surface area contributed by atoms with E-state index in [2.05, 4.69) is 0 Å². The van der Waals surface area contributed by atoms with E-state index < -0.39 is 17.7 Å². The van der Waals surface area contributed by atoms with Crippen LogP contribution in [0.1, 0.15) is 22.3 Å². The van der Waals surface area contributed by atoms with Crippen molar-refractivity contribution in [2.45, 2.75) is 19.1 Å². The van der Waals surface area contributed by atoms with Gasteiger partial charge in [-0.05, 0) is 17.7 Å². The lowest BCUT2D eigenvalue weighted by atomic mass is 9.97. The highest BCUT2D eigenvalue weighted by Crippen LogP contribution is 2.16. The molecule has 0 aliphatic heterocycles. The molecule has 0 aromatic heterocycles. The molecule has 0 heterocycles. The van der Waals surface area contributed by atoms with Crippen molar-refractivity contribution in [3.05, 3.63) is 29.3 Å². The van der Waals surface area contributed by atoms with Crippen molar-refractivity contribution < 1.29 is 14.7 Å². The highest BCUT2D eigenvalue weighted by molar-refractivity contribution is 6.03. The van der Waals surface area contributed by atoms with E-state index in [-0.39, 0.29) is 18.6 Å². The van der Waals surface area contributed by atoms with E-state index in [1.807, 2.05) is 0 Å². The maximum Gasteiger partial charge on any atom is 0.219 e.